The van der Waals surface area contributed by atoms with Gasteiger partial charge in [0, 0.05) is 22.3 Å². The monoisotopic (exact) mass is 310 g/mol. The second-order valence-corrected chi connectivity index (χ2v) is 5.26. The number of anilines is 2. The molecule has 104 valence electrons. The summed E-state index contributed by atoms with van der Waals surface area (Å²) in [7, 11) is 0. The van der Waals surface area contributed by atoms with Gasteiger partial charge in [-0.25, -0.2) is 8.78 Å². The fourth-order valence-electron chi connectivity index (χ4n) is 1.62. The van der Waals surface area contributed by atoms with E-state index in [-0.39, 0.29) is 10.8 Å². The van der Waals surface area contributed by atoms with E-state index in [9.17, 15) is 8.78 Å². The van der Waals surface area contributed by atoms with Crippen LogP contribution in [0.2, 0.25) is 0 Å². The van der Waals surface area contributed by atoms with Crippen LogP contribution in [0.25, 0.3) is 0 Å². The van der Waals surface area contributed by atoms with Crippen molar-refractivity contribution in [2.75, 3.05) is 16.9 Å². The minimum Gasteiger partial charge on any atom is -0.332 e. The molecule has 0 radical (unpaired) electrons. The predicted molar refractivity (Wildman–Crippen MR) is 84.4 cm³/mol. The molecule has 6 heteroatoms. The van der Waals surface area contributed by atoms with Gasteiger partial charge in [-0.3, -0.25) is 0 Å². The minimum absolute atomic E-state index is 0.265. The van der Waals surface area contributed by atoms with Gasteiger partial charge in [-0.1, -0.05) is 6.07 Å². The van der Waals surface area contributed by atoms with Gasteiger partial charge in [-0.05, 0) is 48.8 Å². The van der Waals surface area contributed by atoms with Crippen LogP contribution >= 0.6 is 24.0 Å². The van der Waals surface area contributed by atoms with Gasteiger partial charge in [0.2, 0.25) is 0 Å². The van der Waals surface area contributed by atoms with E-state index in [4.69, 9.17) is 12.2 Å². The topological polar surface area (TPSA) is 24.1 Å². The van der Waals surface area contributed by atoms with Gasteiger partial charge in [0.05, 0.1) is 0 Å². The number of halogens is 2. The Kier molecular flexibility index (Phi) is 4.92. The Morgan fingerprint density at radius 1 is 1.00 bits per heavy atom. The zero-order valence-corrected chi connectivity index (χ0v) is 12.2. The van der Waals surface area contributed by atoms with Crippen molar-refractivity contribution >= 4 is 40.5 Å². The Morgan fingerprint density at radius 2 is 1.65 bits per heavy atom. The maximum absolute atomic E-state index is 13.1. The second-order valence-electron chi connectivity index (χ2n) is 3.97. The molecule has 0 spiro atoms. The van der Waals surface area contributed by atoms with Crippen LogP contribution in [0.3, 0.4) is 0 Å². The highest BCUT2D eigenvalue weighted by atomic mass is 32.2. The molecule has 0 bridgehead atoms. The first-order valence-electron chi connectivity index (χ1n) is 5.75. The summed E-state index contributed by atoms with van der Waals surface area (Å²) in [6.45, 7) is 0. The summed E-state index contributed by atoms with van der Waals surface area (Å²) in [5, 5.41) is 5.98. The van der Waals surface area contributed by atoms with Crippen molar-refractivity contribution in [3.8, 4) is 0 Å². The molecular weight excluding hydrogens is 298 g/mol. The molecule has 0 saturated heterocycles. The van der Waals surface area contributed by atoms with Crippen molar-refractivity contribution < 1.29 is 8.78 Å². The van der Waals surface area contributed by atoms with Crippen molar-refractivity contribution in [3.63, 3.8) is 0 Å². The molecule has 2 rings (SSSR count). The average molecular weight is 310 g/mol. The van der Waals surface area contributed by atoms with Crippen molar-refractivity contribution in [1.29, 1.82) is 0 Å². The van der Waals surface area contributed by atoms with E-state index in [1.165, 1.54) is 12.1 Å². The summed E-state index contributed by atoms with van der Waals surface area (Å²) in [5.74, 6) is -1.31. The zero-order chi connectivity index (χ0) is 14.5. The van der Waals surface area contributed by atoms with Crippen LogP contribution in [-0.4, -0.2) is 11.4 Å². The number of thioether (sulfide) groups is 1. The summed E-state index contributed by atoms with van der Waals surface area (Å²) in [6, 6.07) is 10.8. The Labute approximate surface area is 125 Å². The van der Waals surface area contributed by atoms with Gasteiger partial charge in [-0.2, -0.15) is 0 Å². The van der Waals surface area contributed by atoms with Crippen LogP contribution in [0, 0.1) is 11.6 Å². The first-order valence-corrected chi connectivity index (χ1v) is 7.38. The molecule has 20 heavy (non-hydrogen) atoms. The lowest BCUT2D eigenvalue weighted by Gasteiger charge is -2.11. The van der Waals surface area contributed by atoms with E-state index in [0.717, 1.165) is 16.6 Å². The highest BCUT2D eigenvalue weighted by Gasteiger charge is 2.03. The Hall–Kier alpha value is -1.66. The third-order valence-electron chi connectivity index (χ3n) is 2.45. The summed E-state index contributed by atoms with van der Waals surface area (Å²) in [6.07, 6.45) is 1.98. The molecule has 0 saturated carbocycles. The van der Waals surface area contributed by atoms with E-state index in [1.54, 1.807) is 11.8 Å². The molecule has 2 nitrogen and oxygen atoms in total. The molecule has 0 aromatic heterocycles. The van der Waals surface area contributed by atoms with Gasteiger partial charge in [-0.15, -0.1) is 11.8 Å². The minimum atomic E-state index is -0.653. The zero-order valence-electron chi connectivity index (χ0n) is 10.6. The molecule has 2 aromatic carbocycles. The normalized spacial score (nSPS) is 10.2. The quantitative estimate of drug-likeness (QED) is 0.644. The van der Waals surface area contributed by atoms with E-state index in [2.05, 4.69) is 10.6 Å². The van der Waals surface area contributed by atoms with Crippen LogP contribution in [0.1, 0.15) is 0 Å². The predicted octanol–water partition coefficient (Wildman–Crippen LogP) is 4.50. The van der Waals surface area contributed by atoms with E-state index >= 15 is 0 Å². The van der Waals surface area contributed by atoms with E-state index < -0.39 is 11.6 Å². The van der Waals surface area contributed by atoms with Gasteiger partial charge in [0.15, 0.2) is 5.11 Å². The fraction of sp³-hybridized carbons (Fsp3) is 0.0714. The summed E-state index contributed by atoms with van der Waals surface area (Å²) in [5.41, 5.74) is 1.08. The number of thiocarbonyl (C=S) groups is 1. The Bertz CT molecular complexity index is 612. The largest absolute Gasteiger partial charge is 0.332 e. The smallest absolute Gasteiger partial charge is 0.175 e. The van der Waals surface area contributed by atoms with Gasteiger partial charge < -0.3 is 10.6 Å². The van der Waals surface area contributed by atoms with E-state index in [0.29, 0.717) is 0 Å². The van der Waals surface area contributed by atoms with Gasteiger partial charge >= 0.3 is 0 Å². The van der Waals surface area contributed by atoms with Gasteiger partial charge in [0.25, 0.3) is 0 Å². The molecule has 0 heterocycles. The third-order valence-corrected chi connectivity index (χ3v) is 3.38. The highest BCUT2D eigenvalue weighted by molar-refractivity contribution is 7.98. The second kappa shape index (κ2) is 6.67. The SMILES string of the molecule is CSc1cccc(NC(=S)Nc2cc(F)cc(F)c2)c1. The molecule has 2 N–H and O–H groups in total. The lowest BCUT2D eigenvalue weighted by Crippen LogP contribution is -2.19. The lowest BCUT2D eigenvalue weighted by molar-refractivity contribution is 0.584. The molecule has 0 atom stereocenters. The van der Waals surface area contributed by atoms with Crippen LogP contribution in [0.5, 0.6) is 0 Å². The molecule has 0 aliphatic carbocycles. The summed E-state index contributed by atoms with van der Waals surface area (Å²) in [4.78, 5) is 1.09. The van der Waals surface area contributed by atoms with E-state index in [1.807, 2.05) is 30.5 Å². The lowest BCUT2D eigenvalue weighted by atomic mass is 10.3. The molecule has 0 aliphatic rings. The average Bonchev–Trinajstić information content (AvgIpc) is 2.37. The van der Waals surface area contributed by atoms with Gasteiger partial charge in [0.1, 0.15) is 11.6 Å². The summed E-state index contributed by atoms with van der Waals surface area (Å²) >= 11 is 6.73. The molecule has 0 fully saturated rings. The number of nitrogens with one attached hydrogen (secondary N) is 2. The van der Waals surface area contributed by atoms with Crippen LogP contribution < -0.4 is 10.6 Å². The highest BCUT2D eigenvalue weighted by Crippen LogP contribution is 2.19. The maximum atomic E-state index is 13.1. The van der Waals surface area contributed by atoms with Crippen molar-refractivity contribution in [3.05, 3.63) is 54.1 Å². The molecule has 0 amide bonds. The number of benzene rings is 2. The Morgan fingerprint density at radius 3 is 2.30 bits per heavy atom. The van der Waals surface area contributed by atoms with Crippen LogP contribution in [-0.2, 0) is 0 Å². The van der Waals surface area contributed by atoms with Crippen molar-refractivity contribution in [2.45, 2.75) is 4.90 Å². The fourth-order valence-corrected chi connectivity index (χ4v) is 2.32. The van der Waals surface area contributed by atoms with Crippen molar-refractivity contribution in [1.82, 2.24) is 0 Å². The molecular formula is C14H12F2N2S2. The molecule has 0 aliphatic heterocycles. The maximum Gasteiger partial charge on any atom is 0.175 e. The number of hydrogen-bond acceptors (Lipinski definition) is 2. The first-order chi connectivity index (χ1) is 9.56. The number of rotatable bonds is 3. The molecule has 2 aromatic rings. The standard InChI is InChI=1S/C14H12F2N2S2/c1-20-13-4-2-3-11(8-13)17-14(19)18-12-6-9(15)5-10(16)7-12/h2-8H,1H3,(H2,17,18,19). The summed E-state index contributed by atoms with van der Waals surface area (Å²) < 4.78 is 26.1. The molecule has 0 unspecified atom stereocenters. The Balaban J connectivity index is 2.04. The third kappa shape index (κ3) is 4.18. The van der Waals surface area contributed by atoms with Crippen LogP contribution in [0.4, 0.5) is 20.2 Å². The number of hydrogen-bond donors (Lipinski definition) is 2. The van der Waals surface area contributed by atoms with Crippen LogP contribution in [0.15, 0.2) is 47.4 Å². The first kappa shape index (κ1) is 14.7. The van der Waals surface area contributed by atoms with Crippen molar-refractivity contribution in [2.24, 2.45) is 0 Å².